The molecule has 0 aliphatic carbocycles. The number of hydrogen-bond donors (Lipinski definition) is 2. The molecule has 0 aliphatic rings. The van der Waals surface area contributed by atoms with Gasteiger partial charge in [0.15, 0.2) is 5.82 Å². The smallest absolute Gasteiger partial charge is 0.156 e. The Kier molecular flexibility index (Phi) is 5.82. The summed E-state index contributed by atoms with van der Waals surface area (Å²) in [5.74, 6) is 6.50. The molecule has 0 saturated heterocycles. The van der Waals surface area contributed by atoms with Crippen molar-refractivity contribution in [1.82, 2.24) is 9.97 Å². The van der Waals surface area contributed by atoms with E-state index in [4.69, 9.17) is 15.3 Å². The SMILES string of the molecule is Cc1cc(NN)nc(COCCOC(C)C)n1. The highest BCUT2D eigenvalue weighted by Gasteiger charge is 2.01. The molecule has 3 N–H and O–H groups in total. The van der Waals surface area contributed by atoms with Crippen LogP contribution in [0.4, 0.5) is 5.82 Å². The molecule has 0 fully saturated rings. The van der Waals surface area contributed by atoms with Crippen molar-refractivity contribution in [3.05, 3.63) is 17.6 Å². The second-order valence-electron chi connectivity index (χ2n) is 3.93. The topological polar surface area (TPSA) is 82.3 Å². The van der Waals surface area contributed by atoms with Crippen LogP contribution in [-0.2, 0) is 16.1 Å². The zero-order valence-corrected chi connectivity index (χ0v) is 10.6. The van der Waals surface area contributed by atoms with E-state index in [2.05, 4.69) is 15.4 Å². The summed E-state index contributed by atoms with van der Waals surface area (Å²) in [6.45, 7) is 7.32. The molecule has 6 nitrogen and oxygen atoms in total. The fraction of sp³-hybridized carbons (Fsp3) is 0.636. The molecule has 1 aromatic heterocycles. The van der Waals surface area contributed by atoms with Gasteiger partial charge in [0.05, 0.1) is 19.3 Å². The highest BCUT2D eigenvalue weighted by Crippen LogP contribution is 2.05. The van der Waals surface area contributed by atoms with Crippen molar-refractivity contribution in [3.8, 4) is 0 Å². The molecule has 1 aromatic rings. The first-order valence-electron chi connectivity index (χ1n) is 5.62. The third-order valence-corrected chi connectivity index (χ3v) is 1.96. The van der Waals surface area contributed by atoms with Gasteiger partial charge in [-0.1, -0.05) is 0 Å². The van der Waals surface area contributed by atoms with Gasteiger partial charge in [0.25, 0.3) is 0 Å². The molecule has 0 radical (unpaired) electrons. The summed E-state index contributed by atoms with van der Waals surface area (Å²) in [5.41, 5.74) is 3.35. The Morgan fingerprint density at radius 3 is 2.76 bits per heavy atom. The van der Waals surface area contributed by atoms with Gasteiger partial charge in [-0.3, -0.25) is 0 Å². The van der Waals surface area contributed by atoms with Crippen molar-refractivity contribution in [2.24, 2.45) is 5.84 Å². The number of ether oxygens (including phenoxy) is 2. The summed E-state index contributed by atoms with van der Waals surface area (Å²) in [5, 5.41) is 0. The minimum atomic E-state index is 0.224. The van der Waals surface area contributed by atoms with Crippen molar-refractivity contribution < 1.29 is 9.47 Å². The van der Waals surface area contributed by atoms with E-state index in [1.54, 1.807) is 6.07 Å². The minimum Gasteiger partial charge on any atom is -0.376 e. The van der Waals surface area contributed by atoms with Crippen LogP contribution in [-0.4, -0.2) is 29.3 Å². The highest BCUT2D eigenvalue weighted by molar-refractivity contribution is 5.33. The molecule has 0 atom stereocenters. The van der Waals surface area contributed by atoms with Crippen molar-refractivity contribution in [3.63, 3.8) is 0 Å². The maximum Gasteiger partial charge on any atom is 0.156 e. The predicted molar refractivity (Wildman–Crippen MR) is 65.3 cm³/mol. The molecule has 0 saturated carbocycles. The number of aromatic nitrogens is 2. The van der Waals surface area contributed by atoms with Gasteiger partial charge in [0.1, 0.15) is 12.4 Å². The molecule has 96 valence electrons. The van der Waals surface area contributed by atoms with Crippen LogP contribution in [0.25, 0.3) is 0 Å². The van der Waals surface area contributed by atoms with Crippen LogP contribution in [0.3, 0.4) is 0 Å². The van der Waals surface area contributed by atoms with Crippen LogP contribution in [0.15, 0.2) is 6.07 Å². The van der Waals surface area contributed by atoms with Crippen molar-refractivity contribution >= 4 is 5.82 Å². The van der Waals surface area contributed by atoms with Gasteiger partial charge in [-0.15, -0.1) is 0 Å². The monoisotopic (exact) mass is 240 g/mol. The van der Waals surface area contributed by atoms with Crippen LogP contribution >= 0.6 is 0 Å². The molecule has 1 rings (SSSR count). The number of anilines is 1. The number of nitrogens with zero attached hydrogens (tertiary/aromatic N) is 2. The van der Waals surface area contributed by atoms with E-state index in [0.29, 0.717) is 31.5 Å². The maximum atomic E-state index is 5.41. The zero-order valence-electron chi connectivity index (χ0n) is 10.6. The lowest BCUT2D eigenvalue weighted by Crippen LogP contribution is -2.13. The number of aryl methyl sites for hydroxylation is 1. The Morgan fingerprint density at radius 2 is 2.12 bits per heavy atom. The van der Waals surface area contributed by atoms with Crippen molar-refractivity contribution in [2.75, 3.05) is 18.6 Å². The van der Waals surface area contributed by atoms with E-state index in [1.807, 2.05) is 20.8 Å². The molecule has 0 aromatic carbocycles. The molecule has 1 heterocycles. The molecule has 0 unspecified atom stereocenters. The lowest BCUT2D eigenvalue weighted by atomic mass is 10.4. The number of nitrogens with two attached hydrogens (primary N) is 1. The molecular formula is C11H20N4O2. The molecule has 17 heavy (non-hydrogen) atoms. The third kappa shape index (κ3) is 5.58. The first-order chi connectivity index (χ1) is 8.11. The lowest BCUT2D eigenvalue weighted by molar-refractivity contribution is 0.0127. The molecule has 0 spiro atoms. The van der Waals surface area contributed by atoms with E-state index in [1.165, 1.54) is 0 Å². The van der Waals surface area contributed by atoms with E-state index in [0.717, 1.165) is 5.69 Å². The lowest BCUT2D eigenvalue weighted by Gasteiger charge is -2.08. The summed E-state index contributed by atoms with van der Waals surface area (Å²) < 4.78 is 10.8. The van der Waals surface area contributed by atoms with Crippen LogP contribution in [0.1, 0.15) is 25.4 Å². The summed E-state index contributed by atoms with van der Waals surface area (Å²) >= 11 is 0. The average molecular weight is 240 g/mol. The summed E-state index contributed by atoms with van der Waals surface area (Å²) in [4.78, 5) is 8.41. The summed E-state index contributed by atoms with van der Waals surface area (Å²) in [6.07, 6.45) is 0.224. The fourth-order valence-electron chi connectivity index (χ4n) is 1.27. The fourth-order valence-corrected chi connectivity index (χ4v) is 1.27. The average Bonchev–Trinajstić information content (AvgIpc) is 2.27. The van der Waals surface area contributed by atoms with Gasteiger partial charge >= 0.3 is 0 Å². The summed E-state index contributed by atoms with van der Waals surface area (Å²) in [6, 6.07) is 1.77. The van der Waals surface area contributed by atoms with Crippen molar-refractivity contribution in [2.45, 2.75) is 33.5 Å². The number of nitrogens with one attached hydrogen (secondary N) is 1. The highest BCUT2D eigenvalue weighted by atomic mass is 16.5. The zero-order chi connectivity index (χ0) is 12.7. The number of hydrogen-bond acceptors (Lipinski definition) is 6. The number of hydrazine groups is 1. The Balaban J connectivity index is 2.33. The first-order valence-corrected chi connectivity index (χ1v) is 5.62. The van der Waals surface area contributed by atoms with Crippen molar-refractivity contribution in [1.29, 1.82) is 0 Å². The van der Waals surface area contributed by atoms with E-state index in [9.17, 15) is 0 Å². The Bertz CT molecular complexity index is 344. The Labute approximate surface area is 102 Å². The first kappa shape index (κ1) is 13.8. The standard InChI is InChI=1S/C11H20N4O2/c1-8(2)17-5-4-16-7-11-13-9(3)6-10(14-11)15-12/h6,8H,4-5,7,12H2,1-3H3,(H,13,14,15). The Hall–Kier alpha value is -1.24. The van der Waals surface area contributed by atoms with Crippen LogP contribution in [0.2, 0.25) is 0 Å². The summed E-state index contributed by atoms with van der Waals surface area (Å²) in [7, 11) is 0. The van der Waals surface area contributed by atoms with Gasteiger partial charge in [0, 0.05) is 11.8 Å². The Morgan fingerprint density at radius 1 is 1.35 bits per heavy atom. The number of rotatable bonds is 7. The van der Waals surface area contributed by atoms with Crippen LogP contribution in [0, 0.1) is 6.92 Å². The van der Waals surface area contributed by atoms with Crippen LogP contribution < -0.4 is 11.3 Å². The number of nitrogen functional groups attached to an aromatic ring is 1. The third-order valence-electron chi connectivity index (χ3n) is 1.96. The van der Waals surface area contributed by atoms with E-state index >= 15 is 0 Å². The van der Waals surface area contributed by atoms with Crippen LogP contribution in [0.5, 0.6) is 0 Å². The molecule has 0 aliphatic heterocycles. The second kappa shape index (κ2) is 7.16. The predicted octanol–water partition coefficient (Wildman–Crippen LogP) is 1.01. The molecule has 6 heteroatoms. The largest absolute Gasteiger partial charge is 0.376 e. The molecule has 0 bridgehead atoms. The molecule has 0 amide bonds. The van der Waals surface area contributed by atoms with Gasteiger partial charge in [-0.05, 0) is 20.8 Å². The van der Waals surface area contributed by atoms with Gasteiger partial charge in [-0.2, -0.15) is 0 Å². The second-order valence-corrected chi connectivity index (χ2v) is 3.93. The van der Waals surface area contributed by atoms with E-state index < -0.39 is 0 Å². The quantitative estimate of drug-likeness (QED) is 0.420. The van der Waals surface area contributed by atoms with Gasteiger partial charge < -0.3 is 14.9 Å². The minimum absolute atomic E-state index is 0.224. The molecular weight excluding hydrogens is 220 g/mol. The van der Waals surface area contributed by atoms with Gasteiger partial charge in [0.2, 0.25) is 0 Å². The van der Waals surface area contributed by atoms with Gasteiger partial charge in [-0.25, -0.2) is 15.8 Å². The maximum absolute atomic E-state index is 5.41. The normalized spacial score (nSPS) is 10.9. The van der Waals surface area contributed by atoms with E-state index in [-0.39, 0.29) is 6.10 Å².